The molecule has 3 N–H and O–H groups in total. The number of rotatable bonds is 4. The summed E-state index contributed by atoms with van der Waals surface area (Å²) in [6.45, 7) is 0.405. The fourth-order valence-electron chi connectivity index (χ4n) is 2.55. The Balaban J connectivity index is 1.87. The van der Waals surface area contributed by atoms with Gasteiger partial charge < -0.3 is 11.1 Å². The molecule has 0 aromatic carbocycles. The van der Waals surface area contributed by atoms with Crippen molar-refractivity contribution in [1.82, 2.24) is 5.32 Å². The van der Waals surface area contributed by atoms with Crippen molar-refractivity contribution < 1.29 is 13.2 Å². The number of nitrogens with two attached hydrogens (primary N) is 1. The molecule has 1 heterocycles. The number of amides is 1. The quantitative estimate of drug-likeness (QED) is 0.711. The van der Waals surface area contributed by atoms with E-state index in [4.69, 9.17) is 18.0 Å². The van der Waals surface area contributed by atoms with Crippen LogP contribution in [-0.4, -0.2) is 37.4 Å². The molecule has 2 fully saturated rings. The fraction of sp³-hybridized carbons (Fsp3) is 0.818. The van der Waals surface area contributed by atoms with Crippen molar-refractivity contribution >= 4 is 33.0 Å². The lowest BCUT2D eigenvalue weighted by molar-refractivity contribution is -0.130. The summed E-state index contributed by atoms with van der Waals surface area (Å²) in [6.07, 6.45) is 3.00. The Bertz CT molecular complexity index is 469. The molecule has 1 unspecified atom stereocenters. The molecule has 102 valence electrons. The summed E-state index contributed by atoms with van der Waals surface area (Å²) in [7, 11) is -2.89. The van der Waals surface area contributed by atoms with Crippen molar-refractivity contribution in [2.45, 2.75) is 25.7 Å². The van der Waals surface area contributed by atoms with E-state index in [9.17, 15) is 13.2 Å². The van der Waals surface area contributed by atoms with Gasteiger partial charge in [-0.1, -0.05) is 18.6 Å². The zero-order valence-electron chi connectivity index (χ0n) is 10.1. The maximum atomic E-state index is 12.1. The molecule has 0 spiro atoms. The monoisotopic (exact) mass is 290 g/mol. The predicted octanol–water partition coefficient (Wildman–Crippen LogP) is -0.00630. The average molecular weight is 290 g/mol. The number of hydrogen-bond acceptors (Lipinski definition) is 4. The van der Waals surface area contributed by atoms with Crippen molar-refractivity contribution in [3.63, 3.8) is 0 Å². The van der Waals surface area contributed by atoms with E-state index in [0.717, 1.165) is 6.42 Å². The molecular weight excluding hydrogens is 272 g/mol. The van der Waals surface area contributed by atoms with Crippen LogP contribution in [0.4, 0.5) is 0 Å². The highest BCUT2D eigenvalue weighted by Crippen LogP contribution is 2.41. The molecule has 1 aliphatic carbocycles. The minimum absolute atomic E-state index is 0.0300. The second kappa shape index (κ2) is 4.77. The zero-order chi connectivity index (χ0) is 13.4. The Morgan fingerprint density at radius 3 is 2.50 bits per heavy atom. The predicted molar refractivity (Wildman–Crippen MR) is 72.8 cm³/mol. The fourth-order valence-corrected chi connectivity index (χ4v) is 4.71. The van der Waals surface area contributed by atoms with Gasteiger partial charge in [0.15, 0.2) is 9.84 Å². The summed E-state index contributed by atoms with van der Waals surface area (Å²) < 4.78 is 22.6. The van der Waals surface area contributed by atoms with E-state index < -0.39 is 15.3 Å². The molecule has 0 bridgehead atoms. The van der Waals surface area contributed by atoms with E-state index in [1.807, 2.05) is 0 Å². The minimum Gasteiger partial charge on any atom is -0.392 e. The molecule has 2 aliphatic rings. The SMILES string of the molecule is NC(=S)C1(C(=O)NCC2CCS(=O)(=O)C2)CCC1. The van der Waals surface area contributed by atoms with Gasteiger partial charge in [0.1, 0.15) is 0 Å². The van der Waals surface area contributed by atoms with Crippen LogP contribution < -0.4 is 11.1 Å². The maximum absolute atomic E-state index is 12.1. The van der Waals surface area contributed by atoms with Crippen molar-refractivity contribution in [2.75, 3.05) is 18.1 Å². The van der Waals surface area contributed by atoms with Crippen LogP contribution in [0.15, 0.2) is 0 Å². The highest BCUT2D eigenvalue weighted by atomic mass is 32.2. The number of carbonyl (C=O) groups is 1. The number of thiocarbonyl (C=S) groups is 1. The van der Waals surface area contributed by atoms with E-state index in [2.05, 4.69) is 5.32 Å². The van der Waals surface area contributed by atoms with Gasteiger partial charge >= 0.3 is 0 Å². The lowest BCUT2D eigenvalue weighted by Crippen LogP contribution is -2.53. The molecule has 1 atom stereocenters. The first kappa shape index (κ1) is 13.7. The van der Waals surface area contributed by atoms with E-state index in [-0.39, 0.29) is 28.3 Å². The summed E-state index contributed by atoms with van der Waals surface area (Å²) in [5.41, 5.74) is 4.96. The lowest BCUT2D eigenvalue weighted by Gasteiger charge is -2.39. The minimum atomic E-state index is -2.89. The Kier molecular flexibility index (Phi) is 3.64. The van der Waals surface area contributed by atoms with Crippen LogP contribution in [0.3, 0.4) is 0 Å². The smallest absolute Gasteiger partial charge is 0.233 e. The van der Waals surface area contributed by atoms with Gasteiger partial charge in [-0.15, -0.1) is 0 Å². The molecule has 5 nitrogen and oxygen atoms in total. The molecule has 0 aromatic heterocycles. The Morgan fingerprint density at radius 1 is 1.44 bits per heavy atom. The van der Waals surface area contributed by atoms with Gasteiger partial charge in [-0.2, -0.15) is 0 Å². The van der Waals surface area contributed by atoms with Crippen LogP contribution in [-0.2, 0) is 14.6 Å². The normalized spacial score (nSPS) is 28.3. The highest BCUT2D eigenvalue weighted by Gasteiger charge is 2.47. The summed E-state index contributed by atoms with van der Waals surface area (Å²) in [5, 5.41) is 2.82. The van der Waals surface area contributed by atoms with Gasteiger partial charge in [0.25, 0.3) is 0 Å². The van der Waals surface area contributed by atoms with Crippen LogP contribution in [0.2, 0.25) is 0 Å². The first-order valence-corrected chi connectivity index (χ1v) is 8.37. The molecule has 1 aliphatic heterocycles. The Hall–Kier alpha value is -0.690. The van der Waals surface area contributed by atoms with Crippen LogP contribution in [0.5, 0.6) is 0 Å². The molecule has 2 rings (SSSR count). The third-order valence-electron chi connectivity index (χ3n) is 3.99. The largest absolute Gasteiger partial charge is 0.392 e. The molecule has 1 saturated heterocycles. The van der Waals surface area contributed by atoms with Gasteiger partial charge in [0.05, 0.1) is 21.9 Å². The van der Waals surface area contributed by atoms with E-state index in [0.29, 0.717) is 25.8 Å². The summed E-state index contributed by atoms with van der Waals surface area (Å²) >= 11 is 4.96. The van der Waals surface area contributed by atoms with Gasteiger partial charge in [0.2, 0.25) is 5.91 Å². The molecular formula is C11H18N2O3S2. The van der Waals surface area contributed by atoms with Crippen LogP contribution in [0.1, 0.15) is 25.7 Å². The topological polar surface area (TPSA) is 89.3 Å². The van der Waals surface area contributed by atoms with Crippen LogP contribution in [0.25, 0.3) is 0 Å². The third-order valence-corrected chi connectivity index (χ3v) is 6.22. The van der Waals surface area contributed by atoms with Crippen LogP contribution >= 0.6 is 12.2 Å². The molecule has 7 heteroatoms. The lowest BCUT2D eigenvalue weighted by atomic mass is 9.68. The second-order valence-corrected chi connectivity index (χ2v) is 7.95. The third kappa shape index (κ3) is 2.51. The van der Waals surface area contributed by atoms with E-state index in [1.165, 1.54) is 0 Å². The zero-order valence-corrected chi connectivity index (χ0v) is 11.8. The van der Waals surface area contributed by atoms with E-state index in [1.54, 1.807) is 0 Å². The maximum Gasteiger partial charge on any atom is 0.233 e. The van der Waals surface area contributed by atoms with Crippen molar-refractivity contribution in [1.29, 1.82) is 0 Å². The summed E-state index contributed by atoms with van der Waals surface area (Å²) in [5.74, 6) is 0.300. The molecule has 1 amide bonds. The summed E-state index contributed by atoms with van der Waals surface area (Å²) in [6, 6.07) is 0. The van der Waals surface area contributed by atoms with Crippen molar-refractivity contribution in [3.8, 4) is 0 Å². The van der Waals surface area contributed by atoms with E-state index >= 15 is 0 Å². The number of hydrogen-bond donors (Lipinski definition) is 2. The standard InChI is InChI=1S/C11H18N2O3S2/c12-9(17)11(3-1-4-11)10(14)13-6-8-2-5-18(15,16)7-8/h8H,1-7H2,(H2,12,17)(H,13,14). The highest BCUT2D eigenvalue weighted by molar-refractivity contribution is 7.91. The molecule has 18 heavy (non-hydrogen) atoms. The Morgan fingerprint density at radius 2 is 2.11 bits per heavy atom. The number of sulfone groups is 1. The summed E-state index contributed by atoms with van der Waals surface area (Å²) in [4.78, 5) is 12.3. The van der Waals surface area contributed by atoms with Gasteiger partial charge in [0, 0.05) is 6.54 Å². The molecule has 0 radical (unpaired) electrons. The number of nitrogens with one attached hydrogen (secondary N) is 1. The molecule has 0 aromatic rings. The first-order valence-electron chi connectivity index (χ1n) is 6.14. The van der Waals surface area contributed by atoms with Crippen molar-refractivity contribution in [3.05, 3.63) is 0 Å². The van der Waals surface area contributed by atoms with Crippen LogP contribution in [0, 0.1) is 11.3 Å². The van der Waals surface area contributed by atoms with Gasteiger partial charge in [-0.25, -0.2) is 8.42 Å². The first-order chi connectivity index (χ1) is 8.36. The molecule has 1 saturated carbocycles. The van der Waals surface area contributed by atoms with Gasteiger partial charge in [-0.3, -0.25) is 4.79 Å². The average Bonchev–Trinajstić information content (AvgIpc) is 2.53. The number of carbonyl (C=O) groups excluding carboxylic acids is 1. The van der Waals surface area contributed by atoms with Gasteiger partial charge in [-0.05, 0) is 25.2 Å². The van der Waals surface area contributed by atoms with Crippen molar-refractivity contribution in [2.24, 2.45) is 17.1 Å². The Labute approximate surface area is 112 Å². The second-order valence-electron chi connectivity index (χ2n) is 5.28.